The van der Waals surface area contributed by atoms with Crippen LogP contribution in [0.3, 0.4) is 0 Å². The molecule has 30 heavy (non-hydrogen) atoms. The summed E-state index contributed by atoms with van der Waals surface area (Å²) >= 11 is 0. The van der Waals surface area contributed by atoms with E-state index in [9.17, 15) is 24.8 Å². The summed E-state index contributed by atoms with van der Waals surface area (Å²) in [5, 5.41) is 21.4. The Labute approximate surface area is 174 Å². The SMILES string of the molecule is CC(C)[C@H]1[C@H]2[C@H](Cc3ccc([N+](=O)[O-])cc3[C@@H]2C(=O)O)CN1C(=O)c1ccccc1. The molecular weight excluding hydrogens is 384 g/mol. The van der Waals surface area contributed by atoms with Crippen molar-refractivity contribution in [1.82, 2.24) is 4.90 Å². The topological polar surface area (TPSA) is 101 Å². The second kappa shape index (κ2) is 7.55. The Balaban J connectivity index is 1.78. The Morgan fingerprint density at radius 3 is 2.47 bits per heavy atom. The summed E-state index contributed by atoms with van der Waals surface area (Å²) in [5.41, 5.74) is 1.82. The van der Waals surface area contributed by atoms with Gasteiger partial charge in [-0.05, 0) is 41.5 Å². The number of amides is 1. The fourth-order valence-electron chi connectivity index (χ4n) is 5.38. The Morgan fingerprint density at radius 2 is 1.87 bits per heavy atom. The summed E-state index contributed by atoms with van der Waals surface area (Å²) < 4.78 is 0. The number of aliphatic carboxylic acids is 1. The van der Waals surface area contributed by atoms with Crippen molar-refractivity contribution >= 4 is 17.6 Å². The van der Waals surface area contributed by atoms with E-state index in [2.05, 4.69) is 0 Å². The van der Waals surface area contributed by atoms with Crippen LogP contribution in [0, 0.1) is 27.9 Å². The molecular formula is C23H24N2O5. The number of benzene rings is 2. The number of hydrogen-bond donors (Lipinski definition) is 1. The van der Waals surface area contributed by atoms with Gasteiger partial charge in [0.05, 0.1) is 10.8 Å². The number of hydrogen-bond acceptors (Lipinski definition) is 4. The maximum Gasteiger partial charge on any atom is 0.311 e. The van der Waals surface area contributed by atoms with Gasteiger partial charge in [0.25, 0.3) is 11.6 Å². The van der Waals surface area contributed by atoms with E-state index in [0.717, 1.165) is 5.56 Å². The maximum atomic E-state index is 13.3. The van der Waals surface area contributed by atoms with Gasteiger partial charge in [-0.2, -0.15) is 0 Å². The van der Waals surface area contributed by atoms with E-state index in [1.54, 1.807) is 18.2 Å². The van der Waals surface area contributed by atoms with E-state index in [0.29, 0.717) is 24.1 Å². The number of non-ortho nitro benzene ring substituents is 1. The monoisotopic (exact) mass is 408 g/mol. The van der Waals surface area contributed by atoms with Gasteiger partial charge in [-0.1, -0.05) is 38.1 Å². The van der Waals surface area contributed by atoms with Gasteiger partial charge in [0, 0.05) is 36.2 Å². The summed E-state index contributed by atoms with van der Waals surface area (Å²) in [6.07, 6.45) is 0.615. The number of rotatable bonds is 4. The molecule has 2 aliphatic rings. The molecule has 1 aliphatic carbocycles. The molecule has 4 atom stereocenters. The zero-order valence-electron chi connectivity index (χ0n) is 16.9. The van der Waals surface area contributed by atoms with Crippen LogP contribution in [-0.2, 0) is 11.2 Å². The van der Waals surface area contributed by atoms with Crippen LogP contribution in [0.5, 0.6) is 0 Å². The number of likely N-dealkylation sites (tertiary alicyclic amines) is 1. The minimum Gasteiger partial charge on any atom is -0.481 e. The third-order valence-electron chi connectivity index (χ3n) is 6.50. The Bertz CT molecular complexity index is 1000. The van der Waals surface area contributed by atoms with E-state index in [1.165, 1.54) is 12.1 Å². The predicted molar refractivity (Wildman–Crippen MR) is 110 cm³/mol. The minimum absolute atomic E-state index is 0.000110. The van der Waals surface area contributed by atoms with Gasteiger partial charge in [0.15, 0.2) is 0 Å². The summed E-state index contributed by atoms with van der Waals surface area (Å²) in [4.78, 5) is 38.3. The molecule has 1 aliphatic heterocycles. The largest absolute Gasteiger partial charge is 0.481 e. The van der Waals surface area contributed by atoms with Gasteiger partial charge < -0.3 is 10.0 Å². The molecule has 0 bridgehead atoms. The van der Waals surface area contributed by atoms with E-state index in [-0.39, 0.29) is 35.4 Å². The van der Waals surface area contributed by atoms with Crippen LogP contribution in [0.2, 0.25) is 0 Å². The molecule has 4 rings (SSSR count). The lowest BCUT2D eigenvalue weighted by Crippen LogP contribution is -2.44. The molecule has 0 radical (unpaired) electrons. The van der Waals surface area contributed by atoms with Crippen LogP contribution in [-0.4, -0.2) is 39.4 Å². The van der Waals surface area contributed by atoms with E-state index in [4.69, 9.17) is 0 Å². The highest BCUT2D eigenvalue weighted by atomic mass is 16.6. The molecule has 7 heteroatoms. The van der Waals surface area contributed by atoms with Crippen molar-refractivity contribution in [3.63, 3.8) is 0 Å². The number of carboxylic acid groups (broad SMARTS) is 1. The highest BCUT2D eigenvalue weighted by Crippen LogP contribution is 2.49. The van der Waals surface area contributed by atoms with Gasteiger partial charge in [-0.25, -0.2) is 0 Å². The van der Waals surface area contributed by atoms with E-state index in [1.807, 2.05) is 36.9 Å². The number of carbonyl (C=O) groups is 2. The molecule has 0 unspecified atom stereocenters. The lowest BCUT2D eigenvalue weighted by Gasteiger charge is -2.38. The summed E-state index contributed by atoms with van der Waals surface area (Å²) in [5.74, 6) is -2.20. The Kier molecular flexibility index (Phi) is 5.05. The molecule has 0 saturated carbocycles. The number of carboxylic acids is 1. The molecule has 1 saturated heterocycles. The number of fused-ring (bicyclic) bond motifs is 2. The number of nitro benzene ring substituents is 1. The van der Waals surface area contributed by atoms with Crippen molar-refractivity contribution in [2.75, 3.05) is 6.54 Å². The molecule has 2 aromatic carbocycles. The minimum atomic E-state index is -0.994. The van der Waals surface area contributed by atoms with Crippen molar-refractivity contribution in [2.45, 2.75) is 32.2 Å². The van der Waals surface area contributed by atoms with Crippen molar-refractivity contribution in [3.05, 3.63) is 75.3 Å². The first-order chi connectivity index (χ1) is 14.3. The highest BCUT2D eigenvalue weighted by Gasteiger charge is 2.53. The molecule has 7 nitrogen and oxygen atoms in total. The fraction of sp³-hybridized carbons (Fsp3) is 0.391. The zero-order valence-corrected chi connectivity index (χ0v) is 16.9. The van der Waals surface area contributed by atoms with Crippen LogP contribution < -0.4 is 0 Å². The maximum absolute atomic E-state index is 13.3. The lowest BCUT2D eigenvalue weighted by molar-refractivity contribution is -0.385. The van der Waals surface area contributed by atoms with Crippen molar-refractivity contribution in [2.24, 2.45) is 17.8 Å². The molecule has 156 valence electrons. The van der Waals surface area contributed by atoms with Crippen molar-refractivity contribution in [3.8, 4) is 0 Å². The van der Waals surface area contributed by atoms with Crippen LogP contribution in [0.15, 0.2) is 48.5 Å². The molecule has 0 spiro atoms. The standard InChI is InChI=1S/C23H24N2O5/c1-13(2)21-19-16(12-24(21)22(26)14-6-4-3-5-7-14)10-15-8-9-17(25(29)30)11-18(15)20(19)23(27)28/h3-9,11,13,16,19-21H,10,12H2,1-2H3,(H,27,28)/t16-,19+,20+,21+/m1/s1. The lowest BCUT2D eigenvalue weighted by atomic mass is 9.66. The molecule has 1 N–H and O–H groups in total. The van der Waals surface area contributed by atoms with Crippen molar-refractivity contribution < 1.29 is 19.6 Å². The van der Waals surface area contributed by atoms with Gasteiger partial charge in [-0.15, -0.1) is 0 Å². The average Bonchev–Trinajstić information content (AvgIpc) is 3.10. The van der Waals surface area contributed by atoms with Gasteiger partial charge in [-0.3, -0.25) is 19.7 Å². The number of nitrogens with zero attached hydrogens (tertiary/aromatic N) is 2. The van der Waals surface area contributed by atoms with Crippen LogP contribution in [0.4, 0.5) is 5.69 Å². The molecule has 2 aromatic rings. The highest BCUT2D eigenvalue weighted by molar-refractivity contribution is 5.95. The first-order valence-corrected chi connectivity index (χ1v) is 10.2. The van der Waals surface area contributed by atoms with Crippen molar-refractivity contribution in [1.29, 1.82) is 0 Å². The number of nitro groups is 1. The second-order valence-corrected chi connectivity index (χ2v) is 8.56. The first-order valence-electron chi connectivity index (χ1n) is 10.2. The zero-order chi connectivity index (χ0) is 21.6. The van der Waals surface area contributed by atoms with Gasteiger partial charge >= 0.3 is 5.97 Å². The van der Waals surface area contributed by atoms with Crippen LogP contribution in [0.25, 0.3) is 0 Å². The summed E-state index contributed by atoms with van der Waals surface area (Å²) in [7, 11) is 0. The van der Waals surface area contributed by atoms with Gasteiger partial charge in [0.1, 0.15) is 0 Å². The quantitative estimate of drug-likeness (QED) is 0.614. The van der Waals surface area contributed by atoms with Crippen LogP contribution in [0.1, 0.15) is 41.3 Å². The fourth-order valence-corrected chi connectivity index (χ4v) is 5.38. The average molecular weight is 408 g/mol. The third kappa shape index (κ3) is 3.24. The summed E-state index contributed by atoms with van der Waals surface area (Å²) in [6.45, 7) is 4.49. The summed E-state index contributed by atoms with van der Waals surface area (Å²) in [6, 6.07) is 13.3. The van der Waals surface area contributed by atoms with E-state index < -0.39 is 16.8 Å². The van der Waals surface area contributed by atoms with E-state index >= 15 is 0 Å². The molecule has 1 fully saturated rings. The molecule has 0 aromatic heterocycles. The first kappa shape index (κ1) is 20.1. The molecule has 1 heterocycles. The smallest absolute Gasteiger partial charge is 0.311 e. The second-order valence-electron chi connectivity index (χ2n) is 8.56. The Morgan fingerprint density at radius 1 is 1.17 bits per heavy atom. The predicted octanol–water partition coefficient (Wildman–Crippen LogP) is 3.73. The molecule has 1 amide bonds. The third-order valence-corrected chi connectivity index (χ3v) is 6.50. The normalized spacial score (nSPS) is 25.0. The van der Waals surface area contributed by atoms with Gasteiger partial charge in [0.2, 0.25) is 0 Å². The van der Waals surface area contributed by atoms with Crippen LogP contribution >= 0.6 is 0 Å². The Hall–Kier alpha value is -3.22. The number of carbonyl (C=O) groups excluding carboxylic acids is 1.